The van der Waals surface area contributed by atoms with E-state index in [-0.39, 0.29) is 0 Å². The van der Waals surface area contributed by atoms with E-state index in [9.17, 15) is 19.8 Å². The van der Waals surface area contributed by atoms with Gasteiger partial charge in [0.25, 0.3) is 0 Å². The number of rotatable bonds is 16. The van der Waals surface area contributed by atoms with Crippen LogP contribution >= 0.6 is 0 Å². The third-order valence-corrected chi connectivity index (χ3v) is 10.9. The lowest BCUT2D eigenvalue weighted by atomic mass is 9.75. The Kier molecular flexibility index (Phi) is 12.7. The zero-order valence-electron chi connectivity index (χ0n) is 34.0. The summed E-state index contributed by atoms with van der Waals surface area (Å²) in [5, 5.41) is 32.9. The first-order valence-corrected chi connectivity index (χ1v) is 19.2. The highest BCUT2D eigenvalue weighted by Crippen LogP contribution is 2.50. The lowest BCUT2D eigenvalue weighted by Gasteiger charge is -2.42. The zero-order valence-corrected chi connectivity index (χ0v) is 34.0. The third kappa shape index (κ3) is 7.97. The maximum absolute atomic E-state index is 15.0. The van der Waals surface area contributed by atoms with Crippen molar-refractivity contribution in [1.29, 1.82) is 0 Å². The molecule has 0 aromatic heterocycles. The number of amides is 2. The fourth-order valence-corrected chi connectivity index (χ4v) is 7.63. The van der Waals surface area contributed by atoms with Crippen LogP contribution in [0, 0.1) is 5.41 Å². The molecule has 0 aliphatic heterocycles. The van der Waals surface area contributed by atoms with Crippen LogP contribution in [0.5, 0.6) is 23.0 Å². The van der Waals surface area contributed by atoms with Gasteiger partial charge in [0.1, 0.15) is 39.6 Å². The summed E-state index contributed by atoms with van der Waals surface area (Å²) in [5.41, 5.74) is -3.34. The standard InChI is InChI=1S/C49H50N2O8/c1-47(2,45(52)50-43(33-21-9-7-10-22-33)48(54,35-25-13-17-29-39(35)56-3)36-26-14-18-30-40(36)57-4)46(53)51-44(34-23-11-8-12-24-34)49(55,37-27-15-19-31-41(37)58-5)38-28-16-20-32-42(38)59-6/h7-32,43-44,54-55H,1-6H3,(H,50,52)(H,51,53)/t43-,44-/m1/s1. The van der Waals surface area contributed by atoms with E-state index in [4.69, 9.17) is 18.9 Å². The zero-order chi connectivity index (χ0) is 42.2. The number of aliphatic hydroxyl groups is 2. The van der Waals surface area contributed by atoms with Gasteiger partial charge in [-0.25, -0.2) is 0 Å². The van der Waals surface area contributed by atoms with E-state index < -0.39 is 40.5 Å². The van der Waals surface area contributed by atoms with Gasteiger partial charge < -0.3 is 39.8 Å². The third-order valence-electron chi connectivity index (χ3n) is 10.9. The Morgan fingerprint density at radius 2 is 0.661 bits per heavy atom. The molecule has 4 N–H and O–H groups in total. The molecule has 0 saturated heterocycles. The highest BCUT2D eigenvalue weighted by molar-refractivity contribution is 6.04. The molecule has 0 aliphatic carbocycles. The Morgan fingerprint density at radius 3 is 0.915 bits per heavy atom. The van der Waals surface area contributed by atoms with Crippen LogP contribution in [0.25, 0.3) is 0 Å². The van der Waals surface area contributed by atoms with Gasteiger partial charge in [0.15, 0.2) is 0 Å². The van der Waals surface area contributed by atoms with E-state index in [1.165, 1.54) is 42.3 Å². The summed E-state index contributed by atoms with van der Waals surface area (Å²) in [6.07, 6.45) is 0. The second kappa shape index (κ2) is 17.9. The lowest BCUT2D eigenvalue weighted by molar-refractivity contribution is -0.144. The molecule has 0 aliphatic rings. The maximum atomic E-state index is 15.0. The van der Waals surface area contributed by atoms with E-state index in [2.05, 4.69) is 10.6 Å². The van der Waals surface area contributed by atoms with Crippen molar-refractivity contribution in [3.8, 4) is 23.0 Å². The minimum atomic E-state index is -2.01. The number of hydrogen-bond acceptors (Lipinski definition) is 8. The quantitative estimate of drug-likeness (QED) is 0.0735. The number of hydrogen-bond donors (Lipinski definition) is 4. The molecule has 6 aromatic carbocycles. The van der Waals surface area contributed by atoms with Gasteiger partial charge in [-0.2, -0.15) is 0 Å². The van der Waals surface area contributed by atoms with Gasteiger partial charge in [-0.1, -0.05) is 133 Å². The number of carbonyl (C=O) groups excluding carboxylic acids is 2. The van der Waals surface area contributed by atoms with E-state index in [0.29, 0.717) is 56.4 Å². The van der Waals surface area contributed by atoms with E-state index in [1.807, 2.05) is 12.1 Å². The summed E-state index contributed by atoms with van der Waals surface area (Å²) in [6, 6.07) is 43.7. The number of methoxy groups -OCH3 is 4. The molecule has 304 valence electrons. The average Bonchev–Trinajstić information content (AvgIpc) is 3.29. The molecule has 2 amide bonds. The smallest absolute Gasteiger partial charge is 0.235 e. The molecule has 0 fully saturated rings. The van der Waals surface area contributed by atoms with E-state index >= 15 is 0 Å². The summed E-state index contributed by atoms with van der Waals surface area (Å²) in [6.45, 7) is 3.00. The molecule has 6 rings (SSSR count). The molecule has 10 nitrogen and oxygen atoms in total. The van der Waals surface area contributed by atoms with Crippen molar-refractivity contribution in [3.63, 3.8) is 0 Å². The summed E-state index contributed by atoms with van der Waals surface area (Å²) in [5.74, 6) is 0.0436. The molecule has 6 aromatic rings. The Hall–Kier alpha value is -6.62. The average molecular weight is 795 g/mol. The normalized spacial score (nSPS) is 12.7. The van der Waals surface area contributed by atoms with Crippen molar-refractivity contribution in [1.82, 2.24) is 10.6 Å². The molecule has 2 atom stereocenters. The summed E-state index contributed by atoms with van der Waals surface area (Å²) in [4.78, 5) is 29.9. The Labute approximate surface area is 345 Å². The van der Waals surface area contributed by atoms with Crippen molar-refractivity contribution >= 4 is 11.8 Å². The molecular weight excluding hydrogens is 745 g/mol. The molecule has 0 saturated carbocycles. The molecular formula is C49H50N2O8. The fraction of sp³-hybridized carbons (Fsp3) is 0.224. The maximum Gasteiger partial charge on any atom is 0.235 e. The van der Waals surface area contributed by atoms with Gasteiger partial charge in [-0.3, -0.25) is 9.59 Å². The van der Waals surface area contributed by atoms with Crippen molar-refractivity contribution in [2.45, 2.75) is 37.1 Å². The number of ether oxygens (including phenoxy) is 4. The first kappa shape index (κ1) is 42.0. The Balaban J connectivity index is 1.49. The van der Waals surface area contributed by atoms with Crippen molar-refractivity contribution in [2.24, 2.45) is 5.41 Å². The van der Waals surface area contributed by atoms with Crippen LogP contribution in [-0.2, 0) is 20.8 Å². The first-order valence-electron chi connectivity index (χ1n) is 19.2. The topological polar surface area (TPSA) is 136 Å². The number of carbonyl (C=O) groups is 2. The second-order valence-electron chi connectivity index (χ2n) is 14.6. The molecule has 0 radical (unpaired) electrons. The van der Waals surface area contributed by atoms with Gasteiger partial charge in [0, 0.05) is 22.3 Å². The SMILES string of the molecule is COc1ccccc1C(O)(c1ccccc1OC)[C@H](NC(=O)C(C)(C)C(=O)N[C@H](c1ccccc1)C(O)(c1ccccc1OC)c1ccccc1OC)c1ccccc1. The molecule has 10 heteroatoms. The minimum Gasteiger partial charge on any atom is -0.496 e. The van der Waals surface area contributed by atoms with Crippen molar-refractivity contribution in [2.75, 3.05) is 28.4 Å². The number of nitrogens with one attached hydrogen (secondary N) is 2. The molecule has 59 heavy (non-hydrogen) atoms. The van der Waals surface area contributed by atoms with Crippen molar-refractivity contribution < 1.29 is 38.7 Å². The minimum absolute atomic E-state index is 0.353. The predicted molar refractivity (Wildman–Crippen MR) is 226 cm³/mol. The van der Waals surface area contributed by atoms with Crippen molar-refractivity contribution in [3.05, 3.63) is 191 Å². The number of para-hydroxylation sites is 4. The molecule has 0 heterocycles. The van der Waals surface area contributed by atoms with Crippen LogP contribution in [0.3, 0.4) is 0 Å². The van der Waals surface area contributed by atoms with Crippen LogP contribution in [0.1, 0.15) is 59.3 Å². The van der Waals surface area contributed by atoms with Gasteiger partial charge in [-0.05, 0) is 49.2 Å². The monoisotopic (exact) mass is 794 g/mol. The highest BCUT2D eigenvalue weighted by atomic mass is 16.5. The summed E-state index contributed by atoms with van der Waals surface area (Å²) in [7, 11) is 6.02. The summed E-state index contributed by atoms with van der Waals surface area (Å²) >= 11 is 0. The van der Waals surface area contributed by atoms with Crippen LogP contribution in [0.4, 0.5) is 0 Å². The van der Waals surface area contributed by atoms with Crippen LogP contribution in [-0.4, -0.2) is 50.5 Å². The molecule has 0 bridgehead atoms. The van der Waals surface area contributed by atoms with Gasteiger partial charge in [-0.15, -0.1) is 0 Å². The first-order chi connectivity index (χ1) is 28.5. The molecule has 0 spiro atoms. The van der Waals surface area contributed by atoms with E-state index in [0.717, 1.165) is 0 Å². The lowest BCUT2D eigenvalue weighted by Crippen LogP contribution is -2.55. The fourth-order valence-electron chi connectivity index (χ4n) is 7.63. The Bertz CT molecular complexity index is 2110. The van der Waals surface area contributed by atoms with Crippen LogP contribution in [0.2, 0.25) is 0 Å². The van der Waals surface area contributed by atoms with E-state index in [1.54, 1.807) is 146 Å². The van der Waals surface area contributed by atoms with Gasteiger partial charge in [0.05, 0.1) is 40.5 Å². The summed E-state index contributed by atoms with van der Waals surface area (Å²) < 4.78 is 23.1. The van der Waals surface area contributed by atoms with Crippen LogP contribution in [0.15, 0.2) is 158 Å². The van der Waals surface area contributed by atoms with Gasteiger partial charge >= 0.3 is 0 Å². The molecule has 0 unspecified atom stereocenters. The highest BCUT2D eigenvalue weighted by Gasteiger charge is 2.51. The largest absolute Gasteiger partial charge is 0.496 e. The predicted octanol–water partition coefficient (Wildman–Crippen LogP) is 7.63. The Morgan fingerprint density at radius 1 is 0.424 bits per heavy atom. The van der Waals surface area contributed by atoms with Crippen LogP contribution < -0.4 is 29.6 Å². The number of benzene rings is 6. The second-order valence-corrected chi connectivity index (χ2v) is 14.6. The van der Waals surface area contributed by atoms with Gasteiger partial charge in [0.2, 0.25) is 11.8 Å².